The molecule has 4 heteroatoms. The number of nitrogens with zero attached hydrogens (tertiary/aromatic N) is 2. The molecule has 0 aliphatic heterocycles. The fourth-order valence-corrected chi connectivity index (χ4v) is 3.34. The topological polar surface area (TPSA) is 25.8 Å². The number of rotatable bonds is 2. The molecule has 0 radical (unpaired) electrons. The minimum Gasteiger partial charge on any atom is -0.228 e. The average Bonchev–Trinajstić information content (AvgIpc) is 2.62. The summed E-state index contributed by atoms with van der Waals surface area (Å²) in [6.07, 6.45) is 0. The number of hydrogen-bond acceptors (Lipinski definition) is 2. The number of aromatic nitrogens is 2. The van der Waals surface area contributed by atoms with Crippen LogP contribution in [0.3, 0.4) is 0 Å². The molecule has 0 saturated carbocycles. The lowest BCUT2D eigenvalue weighted by molar-refractivity contribution is 0.639. The normalized spacial score (nSPS) is 10.9. The van der Waals surface area contributed by atoms with Crippen molar-refractivity contribution in [2.24, 2.45) is 0 Å². The van der Waals surface area contributed by atoms with Gasteiger partial charge in [0.15, 0.2) is 5.82 Å². The molecule has 0 aliphatic rings. The van der Waals surface area contributed by atoms with Crippen LogP contribution >= 0.6 is 22.6 Å². The van der Waals surface area contributed by atoms with E-state index in [1.54, 1.807) is 6.07 Å². The molecule has 0 atom stereocenters. The van der Waals surface area contributed by atoms with Crippen LogP contribution in [0.2, 0.25) is 0 Å². The van der Waals surface area contributed by atoms with Crippen molar-refractivity contribution < 1.29 is 4.39 Å². The summed E-state index contributed by atoms with van der Waals surface area (Å²) >= 11 is 2.27. The van der Waals surface area contributed by atoms with Crippen LogP contribution in [0, 0.1) is 9.39 Å². The Labute approximate surface area is 152 Å². The van der Waals surface area contributed by atoms with Crippen molar-refractivity contribution in [1.82, 2.24) is 9.97 Å². The summed E-state index contributed by atoms with van der Waals surface area (Å²) in [6.45, 7) is 0. The molecule has 1 aromatic heterocycles. The van der Waals surface area contributed by atoms with Crippen LogP contribution in [0.1, 0.15) is 0 Å². The van der Waals surface area contributed by atoms with E-state index in [2.05, 4.69) is 27.6 Å². The molecule has 0 saturated heterocycles. The summed E-state index contributed by atoms with van der Waals surface area (Å²) in [5, 5.41) is 0.457. The first-order valence-electron chi connectivity index (χ1n) is 7.50. The Balaban J connectivity index is 2.07. The van der Waals surface area contributed by atoms with Gasteiger partial charge in [-0.05, 0) is 40.8 Å². The van der Waals surface area contributed by atoms with Gasteiger partial charge in [0, 0.05) is 14.7 Å². The lowest BCUT2D eigenvalue weighted by Gasteiger charge is -2.10. The van der Waals surface area contributed by atoms with E-state index in [0.29, 0.717) is 22.4 Å². The fraction of sp³-hybridized carbons (Fsp3) is 0. The fourth-order valence-electron chi connectivity index (χ4n) is 2.71. The molecular formula is C20H12FIN2. The quantitative estimate of drug-likeness (QED) is 0.384. The van der Waals surface area contributed by atoms with Crippen LogP contribution in [0.25, 0.3) is 33.5 Å². The lowest BCUT2D eigenvalue weighted by atomic mass is 10.1. The maximum atomic E-state index is 14.5. The molecule has 0 bridgehead atoms. The maximum Gasteiger partial charge on any atom is 0.161 e. The minimum atomic E-state index is -0.305. The highest BCUT2D eigenvalue weighted by atomic mass is 127. The average molecular weight is 426 g/mol. The molecule has 4 rings (SSSR count). The van der Waals surface area contributed by atoms with Crippen molar-refractivity contribution in [3.63, 3.8) is 0 Å². The third kappa shape index (κ3) is 2.67. The molecule has 4 aromatic rings. The second-order valence-corrected chi connectivity index (χ2v) is 6.54. The van der Waals surface area contributed by atoms with E-state index in [-0.39, 0.29) is 5.82 Å². The van der Waals surface area contributed by atoms with Crippen molar-refractivity contribution in [2.75, 3.05) is 0 Å². The van der Waals surface area contributed by atoms with Crippen molar-refractivity contribution in [3.8, 4) is 22.6 Å². The predicted octanol–water partition coefficient (Wildman–Crippen LogP) is 5.71. The molecule has 116 valence electrons. The second-order valence-electron chi connectivity index (χ2n) is 5.38. The zero-order valence-electron chi connectivity index (χ0n) is 12.6. The molecule has 24 heavy (non-hydrogen) atoms. The smallest absolute Gasteiger partial charge is 0.161 e. The Hall–Kier alpha value is -2.34. The first-order valence-corrected chi connectivity index (χ1v) is 8.58. The van der Waals surface area contributed by atoms with Gasteiger partial charge in [0.1, 0.15) is 5.82 Å². The Morgan fingerprint density at radius 1 is 0.750 bits per heavy atom. The SMILES string of the molecule is Fc1cccc2nc(-c3ccccc3I)nc(-c3ccccc3)c12. The van der Waals surface area contributed by atoms with Gasteiger partial charge in [0.2, 0.25) is 0 Å². The van der Waals surface area contributed by atoms with Gasteiger partial charge in [0.25, 0.3) is 0 Å². The molecule has 3 aromatic carbocycles. The minimum absolute atomic E-state index is 0.305. The van der Waals surface area contributed by atoms with Gasteiger partial charge in [-0.25, -0.2) is 14.4 Å². The number of hydrogen-bond donors (Lipinski definition) is 0. The molecule has 0 N–H and O–H groups in total. The number of fused-ring (bicyclic) bond motifs is 1. The molecule has 0 amide bonds. The highest BCUT2D eigenvalue weighted by Crippen LogP contribution is 2.31. The summed E-state index contributed by atoms with van der Waals surface area (Å²) < 4.78 is 15.5. The molecule has 0 spiro atoms. The largest absolute Gasteiger partial charge is 0.228 e. The van der Waals surface area contributed by atoms with E-state index >= 15 is 0 Å². The zero-order chi connectivity index (χ0) is 16.5. The van der Waals surface area contributed by atoms with Gasteiger partial charge in [-0.1, -0.05) is 54.6 Å². The van der Waals surface area contributed by atoms with Gasteiger partial charge in [-0.3, -0.25) is 0 Å². The highest BCUT2D eigenvalue weighted by molar-refractivity contribution is 14.1. The number of halogens is 2. The summed E-state index contributed by atoms with van der Waals surface area (Å²) in [7, 11) is 0. The van der Waals surface area contributed by atoms with Crippen LogP contribution in [-0.4, -0.2) is 9.97 Å². The summed E-state index contributed by atoms with van der Waals surface area (Å²) in [5.74, 6) is 0.303. The molecule has 0 aliphatic carbocycles. The van der Waals surface area contributed by atoms with Crippen molar-refractivity contribution in [1.29, 1.82) is 0 Å². The van der Waals surface area contributed by atoms with Gasteiger partial charge >= 0.3 is 0 Å². The van der Waals surface area contributed by atoms with Crippen LogP contribution in [0.5, 0.6) is 0 Å². The number of benzene rings is 3. The molecule has 2 nitrogen and oxygen atoms in total. The molecular weight excluding hydrogens is 414 g/mol. The first kappa shape index (κ1) is 15.2. The lowest BCUT2D eigenvalue weighted by Crippen LogP contribution is -1.98. The van der Waals surface area contributed by atoms with Crippen molar-refractivity contribution in [3.05, 3.63) is 82.2 Å². The van der Waals surface area contributed by atoms with Crippen LogP contribution in [-0.2, 0) is 0 Å². The predicted molar refractivity (Wildman–Crippen MR) is 103 cm³/mol. The third-order valence-electron chi connectivity index (χ3n) is 3.83. The molecule has 0 unspecified atom stereocenters. The Bertz CT molecular complexity index is 1030. The van der Waals surface area contributed by atoms with E-state index in [4.69, 9.17) is 4.98 Å². The third-order valence-corrected chi connectivity index (χ3v) is 4.78. The summed E-state index contributed by atoms with van der Waals surface area (Å²) in [4.78, 5) is 9.30. The second kappa shape index (κ2) is 6.28. The van der Waals surface area contributed by atoms with E-state index < -0.39 is 0 Å². The van der Waals surface area contributed by atoms with Crippen molar-refractivity contribution >= 4 is 33.5 Å². The monoisotopic (exact) mass is 426 g/mol. The van der Waals surface area contributed by atoms with Crippen molar-refractivity contribution in [2.45, 2.75) is 0 Å². The van der Waals surface area contributed by atoms with E-state index in [0.717, 1.165) is 14.7 Å². The first-order chi connectivity index (χ1) is 11.7. The van der Waals surface area contributed by atoms with E-state index in [1.807, 2.05) is 60.7 Å². The summed E-state index contributed by atoms with van der Waals surface area (Å²) in [6, 6.07) is 22.5. The molecule has 0 fully saturated rings. The van der Waals surface area contributed by atoms with Gasteiger partial charge in [-0.15, -0.1) is 0 Å². The Kier molecular flexibility index (Phi) is 3.98. The summed E-state index contributed by atoms with van der Waals surface area (Å²) in [5.41, 5.74) is 3.05. The Morgan fingerprint density at radius 3 is 2.29 bits per heavy atom. The van der Waals surface area contributed by atoms with Crippen LogP contribution < -0.4 is 0 Å². The van der Waals surface area contributed by atoms with Crippen LogP contribution in [0.15, 0.2) is 72.8 Å². The Morgan fingerprint density at radius 2 is 1.50 bits per heavy atom. The molecule has 1 heterocycles. The zero-order valence-corrected chi connectivity index (χ0v) is 14.7. The van der Waals surface area contributed by atoms with E-state index in [9.17, 15) is 4.39 Å². The van der Waals surface area contributed by atoms with E-state index in [1.165, 1.54) is 6.07 Å². The van der Waals surface area contributed by atoms with Gasteiger partial charge in [0.05, 0.1) is 16.6 Å². The maximum absolute atomic E-state index is 14.5. The highest BCUT2D eigenvalue weighted by Gasteiger charge is 2.15. The standard InChI is InChI=1S/C20H12FIN2/c21-15-10-6-12-17-18(15)19(13-7-2-1-3-8-13)24-20(23-17)14-9-4-5-11-16(14)22/h1-12H. The van der Waals surface area contributed by atoms with Gasteiger partial charge < -0.3 is 0 Å². The van der Waals surface area contributed by atoms with Gasteiger partial charge in [-0.2, -0.15) is 0 Å². The van der Waals surface area contributed by atoms with Crippen LogP contribution in [0.4, 0.5) is 4.39 Å².